The number of halogens is 1. The van der Waals surface area contributed by atoms with Gasteiger partial charge in [-0.05, 0) is 37.3 Å². The number of nitrogens with one attached hydrogen (secondary N) is 1. The van der Waals surface area contributed by atoms with E-state index in [1.807, 2.05) is 6.26 Å². The molecule has 0 saturated heterocycles. The highest BCUT2D eigenvalue weighted by Crippen LogP contribution is 2.46. The summed E-state index contributed by atoms with van der Waals surface area (Å²) >= 11 is 1.60. The predicted molar refractivity (Wildman–Crippen MR) is 74.0 cm³/mol. The topological polar surface area (TPSA) is 83.5 Å². The molecule has 1 aliphatic rings. The molecule has 8 heteroatoms. The number of rotatable bonds is 6. The van der Waals surface area contributed by atoms with Gasteiger partial charge in [0, 0.05) is 11.3 Å². The molecule has 0 heterocycles. The van der Waals surface area contributed by atoms with Gasteiger partial charge in [0.05, 0.1) is 10.5 Å². The maximum Gasteiger partial charge on any atom is 0.338 e. The van der Waals surface area contributed by atoms with Crippen LogP contribution < -0.4 is 4.72 Å². The Labute approximate surface area is 120 Å². The molecule has 0 spiro atoms. The van der Waals surface area contributed by atoms with Gasteiger partial charge in [0.25, 0.3) is 0 Å². The van der Waals surface area contributed by atoms with Crippen LogP contribution in [0.1, 0.15) is 23.2 Å². The molecule has 20 heavy (non-hydrogen) atoms. The van der Waals surface area contributed by atoms with Crippen LogP contribution in [0.25, 0.3) is 0 Å². The fourth-order valence-electron chi connectivity index (χ4n) is 1.74. The highest BCUT2D eigenvalue weighted by Gasteiger charge is 2.42. The maximum atomic E-state index is 13.2. The normalized spacial score (nSPS) is 16.9. The summed E-state index contributed by atoms with van der Waals surface area (Å²) in [5.41, 5.74) is -0.654. The molecule has 0 aliphatic heterocycles. The number of aromatic carboxylic acids is 1. The number of carboxylic acids is 1. The van der Waals surface area contributed by atoms with Gasteiger partial charge < -0.3 is 5.11 Å². The quantitative estimate of drug-likeness (QED) is 0.834. The number of thioether (sulfide) groups is 1. The fraction of sp³-hybridized carbons (Fsp3) is 0.417. The molecule has 0 aromatic heterocycles. The summed E-state index contributed by atoms with van der Waals surface area (Å²) in [6, 6.07) is 2.74. The van der Waals surface area contributed by atoms with Crippen molar-refractivity contribution in [1.82, 2.24) is 4.72 Å². The Kier molecular flexibility index (Phi) is 4.08. The molecule has 2 rings (SSSR count). The Bertz CT molecular complexity index is 641. The van der Waals surface area contributed by atoms with Crippen molar-refractivity contribution >= 4 is 27.8 Å². The lowest BCUT2D eigenvalue weighted by molar-refractivity contribution is 0.0691. The van der Waals surface area contributed by atoms with Crippen molar-refractivity contribution in [3.8, 4) is 0 Å². The second kappa shape index (κ2) is 5.34. The van der Waals surface area contributed by atoms with Gasteiger partial charge in [0.2, 0.25) is 10.0 Å². The van der Waals surface area contributed by atoms with Crippen molar-refractivity contribution in [2.45, 2.75) is 22.5 Å². The van der Waals surface area contributed by atoms with Crippen molar-refractivity contribution in [3.05, 3.63) is 29.6 Å². The zero-order valence-corrected chi connectivity index (χ0v) is 12.4. The highest BCUT2D eigenvalue weighted by atomic mass is 32.2. The molecule has 5 nitrogen and oxygen atoms in total. The Balaban J connectivity index is 2.21. The average Bonchev–Trinajstić information content (AvgIpc) is 3.17. The Hall–Kier alpha value is -1.12. The Morgan fingerprint density at radius 3 is 2.65 bits per heavy atom. The molecule has 1 fully saturated rings. The van der Waals surface area contributed by atoms with Crippen LogP contribution in [0.5, 0.6) is 0 Å². The van der Waals surface area contributed by atoms with E-state index in [0.29, 0.717) is 0 Å². The summed E-state index contributed by atoms with van der Waals surface area (Å²) in [7, 11) is -3.83. The highest BCUT2D eigenvalue weighted by molar-refractivity contribution is 8.00. The third-order valence-electron chi connectivity index (χ3n) is 3.30. The van der Waals surface area contributed by atoms with Gasteiger partial charge in [-0.25, -0.2) is 22.3 Å². The minimum absolute atomic E-state index is 0.0528. The molecule has 0 bridgehead atoms. The zero-order valence-electron chi connectivity index (χ0n) is 10.7. The van der Waals surface area contributed by atoms with Gasteiger partial charge in [-0.2, -0.15) is 11.8 Å². The van der Waals surface area contributed by atoms with E-state index >= 15 is 0 Å². The van der Waals surface area contributed by atoms with Crippen LogP contribution in [0.4, 0.5) is 4.39 Å². The van der Waals surface area contributed by atoms with Crippen molar-refractivity contribution in [2.75, 3.05) is 12.8 Å². The first-order valence-corrected chi connectivity index (χ1v) is 8.58. The summed E-state index contributed by atoms with van der Waals surface area (Å²) in [5, 5.41) is 8.80. The van der Waals surface area contributed by atoms with Gasteiger partial charge in [-0.15, -0.1) is 0 Å². The summed E-state index contributed by atoms with van der Waals surface area (Å²) in [6.45, 7) is 0.288. The van der Waals surface area contributed by atoms with E-state index in [0.717, 1.165) is 31.0 Å². The SMILES string of the molecule is CSC1(CNS(=O)(=O)c2ccc(F)c(C(=O)O)c2)CC1. The Morgan fingerprint density at radius 2 is 2.15 bits per heavy atom. The van der Waals surface area contributed by atoms with Crippen molar-refractivity contribution in [1.29, 1.82) is 0 Å². The summed E-state index contributed by atoms with van der Waals surface area (Å²) in [6.07, 6.45) is 3.81. The summed E-state index contributed by atoms with van der Waals surface area (Å²) in [4.78, 5) is 10.6. The van der Waals surface area contributed by atoms with Gasteiger partial charge >= 0.3 is 5.97 Å². The molecule has 110 valence electrons. The number of carbonyl (C=O) groups is 1. The van der Waals surface area contributed by atoms with Crippen LogP contribution >= 0.6 is 11.8 Å². The van der Waals surface area contributed by atoms with Gasteiger partial charge in [0.15, 0.2) is 0 Å². The molecule has 0 atom stereocenters. The number of hydrogen-bond acceptors (Lipinski definition) is 4. The minimum Gasteiger partial charge on any atom is -0.478 e. The molecular formula is C12H14FNO4S2. The first-order valence-electron chi connectivity index (χ1n) is 5.87. The predicted octanol–water partition coefficient (Wildman–Crippen LogP) is 1.70. The first-order chi connectivity index (χ1) is 9.30. The van der Waals surface area contributed by atoms with E-state index in [1.165, 1.54) is 0 Å². The molecule has 0 unspecified atom stereocenters. The number of sulfonamides is 1. The second-order valence-electron chi connectivity index (χ2n) is 4.66. The molecule has 0 radical (unpaired) electrons. The average molecular weight is 319 g/mol. The van der Waals surface area contributed by atoms with Gasteiger partial charge in [-0.1, -0.05) is 0 Å². The molecule has 1 aromatic carbocycles. The lowest BCUT2D eigenvalue weighted by Crippen LogP contribution is -2.31. The second-order valence-corrected chi connectivity index (χ2v) is 7.70. The van der Waals surface area contributed by atoms with Gasteiger partial charge in [0.1, 0.15) is 5.82 Å². The molecule has 2 N–H and O–H groups in total. The van der Waals surface area contributed by atoms with Crippen LogP contribution in [0, 0.1) is 5.82 Å². The molecule has 1 aliphatic carbocycles. The van der Waals surface area contributed by atoms with Crippen LogP contribution in [-0.4, -0.2) is 37.0 Å². The van der Waals surface area contributed by atoms with Crippen LogP contribution in [-0.2, 0) is 10.0 Å². The summed E-state index contributed by atoms with van der Waals surface area (Å²) in [5.74, 6) is -2.46. The third kappa shape index (κ3) is 3.13. The number of carboxylic acid groups (broad SMARTS) is 1. The van der Waals surface area contributed by atoms with E-state index < -0.39 is 27.4 Å². The van der Waals surface area contributed by atoms with Crippen LogP contribution in [0.2, 0.25) is 0 Å². The van der Waals surface area contributed by atoms with Crippen molar-refractivity contribution in [3.63, 3.8) is 0 Å². The molecule has 1 saturated carbocycles. The zero-order chi connectivity index (χ0) is 15.0. The number of benzene rings is 1. The molecular weight excluding hydrogens is 305 g/mol. The van der Waals surface area contributed by atoms with Crippen LogP contribution in [0.3, 0.4) is 0 Å². The minimum atomic E-state index is -3.83. The molecule has 0 amide bonds. The maximum absolute atomic E-state index is 13.2. The van der Waals surface area contributed by atoms with E-state index in [4.69, 9.17) is 5.11 Å². The summed E-state index contributed by atoms with van der Waals surface area (Å²) < 4.78 is 39.8. The van der Waals surface area contributed by atoms with Crippen LogP contribution in [0.15, 0.2) is 23.1 Å². The fourth-order valence-corrected chi connectivity index (χ4v) is 3.71. The smallest absolute Gasteiger partial charge is 0.338 e. The van der Waals surface area contributed by atoms with Crippen molar-refractivity contribution < 1.29 is 22.7 Å². The largest absolute Gasteiger partial charge is 0.478 e. The standard InChI is InChI=1S/C12H14FNO4S2/c1-19-12(4-5-12)7-14-20(17,18)8-2-3-10(13)9(6-8)11(15)16/h2-3,6,14H,4-5,7H2,1H3,(H,15,16). The first kappa shape index (κ1) is 15.3. The lowest BCUT2D eigenvalue weighted by atomic mass is 10.2. The number of hydrogen-bond donors (Lipinski definition) is 2. The van der Waals surface area contributed by atoms with E-state index in [-0.39, 0.29) is 16.2 Å². The molecule has 1 aromatic rings. The van der Waals surface area contributed by atoms with E-state index in [2.05, 4.69) is 4.72 Å². The Morgan fingerprint density at radius 1 is 1.50 bits per heavy atom. The monoisotopic (exact) mass is 319 g/mol. The van der Waals surface area contributed by atoms with E-state index in [1.54, 1.807) is 11.8 Å². The van der Waals surface area contributed by atoms with Gasteiger partial charge in [-0.3, -0.25) is 0 Å². The van der Waals surface area contributed by atoms with Crippen molar-refractivity contribution in [2.24, 2.45) is 0 Å². The third-order valence-corrected chi connectivity index (χ3v) is 6.12. The lowest BCUT2D eigenvalue weighted by Gasteiger charge is -2.13. The van der Waals surface area contributed by atoms with E-state index in [9.17, 15) is 17.6 Å².